The lowest BCUT2D eigenvalue weighted by Crippen LogP contribution is -2.39. The number of ether oxygens (including phenoxy) is 4. The average Bonchev–Trinajstić information content (AvgIpc) is 2.91. The number of rotatable bonds is 16. The van der Waals surface area contributed by atoms with Gasteiger partial charge in [0, 0.05) is 26.2 Å². The Morgan fingerprint density at radius 3 is 1.81 bits per heavy atom. The van der Waals surface area contributed by atoms with Gasteiger partial charge in [-0.1, -0.05) is 38.5 Å². The number of hydrogen-bond donors (Lipinski definition) is 0. The monoisotopic (exact) mass is 372 g/mol. The first-order valence-corrected chi connectivity index (χ1v) is 10.2. The molecular weight excluding hydrogens is 336 g/mol. The predicted molar refractivity (Wildman–Crippen MR) is 98.4 cm³/mol. The fraction of sp³-hybridized carbons (Fsp3) is 0.900. The first-order valence-electron chi connectivity index (χ1n) is 10.2. The van der Waals surface area contributed by atoms with Gasteiger partial charge in [0.25, 0.3) is 5.97 Å². The Morgan fingerprint density at radius 2 is 1.35 bits per heavy atom. The van der Waals surface area contributed by atoms with Crippen LogP contribution in [0.3, 0.4) is 0 Å². The Kier molecular flexibility index (Phi) is 11.7. The van der Waals surface area contributed by atoms with Crippen LogP contribution in [0.5, 0.6) is 0 Å². The third kappa shape index (κ3) is 8.60. The molecule has 0 N–H and O–H groups in total. The van der Waals surface area contributed by atoms with Crippen molar-refractivity contribution in [1.29, 1.82) is 0 Å². The van der Waals surface area contributed by atoms with Crippen LogP contribution in [0, 0.1) is 5.92 Å². The molecule has 6 heteroatoms. The van der Waals surface area contributed by atoms with E-state index >= 15 is 0 Å². The molecule has 0 aromatic carbocycles. The quantitative estimate of drug-likeness (QED) is 0.174. The zero-order valence-electron chi connectivity index (χ0n) is 16.7. The highest BCUT2D eigenvalue weighted by atomic mass is 16.9. The fourth-order valence-electron chi connectivity index (χ4n) is 3.36. The molecule has 0 radical (unpaired) electrons. The van der Waals surface area contributed by atoms with E-state index in [2.05, 4.69) is 4.74 Å². The molecule has 1 heterocycles. The third-order valence-electron chi connectivity index (χ3n) is 4.59. The standard InChI is InChI=1S/C20H36O6/c1-4-23-20(24-5-2,25-6-3)15-13-11-9-7-8-10-12-14-17-16-18(21)26-19(17)22/h17H,4-16H2,1-3H3. The minimum Gasteiger partial charge on any atom is -0.393 e. The highest BCUT2D eigenvalue weighted by Crippen LogP contribution is 2.25. The summed E-state index contributed by atoms with van der Waals surface area (Å²) in [4.78, 5) is 22.4. The van der Waals surface area contributed by atoms with Gasteiger partial charge in [0.1, 0.15) is 0 Å². The van der Waals surface area contributed by atoms with Gasteiger partial charge < -0.3 is 18.9 Å². The van der Waals surface area contributed by atoms with E-state index in [9.17, 15) is 9.59 Å². The number of cyclic esters (lactones) is 2. The Hall–Kier alpha value is -0.980. The first kappa shape index (κ1) is 23.1. The summed E-state index contributed by atoms with van der Waals surface area (Å²) in [6.07, 6.45) is 9.50. The molecule has 1 unspecified atom stereocenters. The predicted octanol–water partition coefficient (Wildman–Crippen LogP) is 4.35. The molecule has 152 valence electrons. The van der Waals surface area contributed by atoms with Gasteiger partial charge in [-0.15, -0.1) is 0 Å². The molecule has 1 saturated heterocycles. The summed E-state index contributed by atoms with van der Waals surface area (Å²) in [6.45, 7) is 7.57. The van der Waals surface area contributed by atoms with Crippen molar-refractivity contribution in [3.05, 3.63) is 0 Å². The Bertz CT molecular complexity index is 392. The van der Waals surface area contributed by atoms with E-state index in [1.54, 1.807) is 0 Å². The molecule has 6 nitrogen and oxygen atoms in total. The van der Waals surface area contributed by atoms with Gasteiger partial charge in [-0.2, -0.15) is 0 Å². The normalized spacial score (nSPS) is 17.7. The van der Waals surface area contributed by atoms with Crippen LogP contribution in [0.15, 0.2) is 0 Å². The molecule has 0 aliphatic carbocycles. The zero-order chi connectivity index (χ0) is 19.3. The lowest BCUT2D eigenvalue weighted by Gasteiger charge is -2.32. The van der Waals surface area contributed by atoms with Crippen LogP contribution in [0.1, 0.15) is 85.0 Å². The highest BCUT2D eigenvalue weighted by Gasteiger charge is 2.33. The molecular formula is C20H36O6. The summed E-state index contributed by atoms with van der Waals surface area (Å²) in [7, 11) is 0. The van der Waals surface area contributed by atoms with E-state index < -0.39 is 5.97 Å². The van der Waals surface area contributed by atoms with Gasteiger partial charge in [0.15, 0.2) is 0 Å². The van der Waals surface area contributed by atoms with Crippen LogP contribution < -0.4 is 0 Å². The van der Waals surface area contributed by atoms with Crippen molar-refractivity contribution in [2.24, 2.45) is 5.92 Å². The smallest absolute Gasteiger partial charge is 0.317 e. The van der Waals surface area contributed by atoms with Crippen molar-refractivity contribution < 1.29 is 28.5 Å². The molecule has 26 heavy (non-hydrogen) atoms. The Morgan fingerprint density at radius 1 is 0.846 bits per heavy atom. The van der Waals surface area contributed by atoms with Crippen molar-refractivity contribution in [1.82, 2.24) is 0 Å². The molecule has 0 bridgehead atoms. The van der Waals surface area contributed by atoms with Crippen molar-refractivity contribution in [3.8, 4) is 0 Å². The van der Waals surface area contributed by atoms with Crippen molar-refractivity contribution in [2.75, 3.05) is 19.8 Å². The van der Waals surface area contributed by atoms with Gasteiger partial charge >= 0.3 is 11.9 Å². The Labute approximate surface area is 157 Å². The number of hydrogen-bond acceptors (Lipinski definition) is 6. The maximum atomic E-state index is 11.4. The SMILES string of the molecule is CCOC(CCCCCCCCCC1CC(=O)OC1=O)(OCC)OCC. The van der Waals surface area contributed by atoms with Gasteiger partial charge in [-0.05, 0) is 33.6 Å². The van der Waals surface area contributed by atoms with Gasteiger partial charge in [-0.3, -0.25) is 9.59 Å². The van der Waals surface area contributed by atoms with Crippen LogP contribution in [0.25, 0.3) is 0 Å². The molecule has 1 rings (SSSR count). The van der Waals surface area contributed by atoms with Gasteiger partial charge in [-0.25, -0.2) is 0 Å². The van der Waals surface area contributed by atoms with Crippen molar-refractivity contribution >= 4 is 11.9 Å². The maximum absolute atomic E-state index is 11.4. The van der Waals surface area contributed by atoms with Crippen molar-refractivity contribution in [2.45, 2.75) is 91.0 Å². The van der Waals surface area contributed by atoms with Crippen LogP contribution >= 0.6 is 0 Å². The molecule has 1 aliphatic rings. The number of carbonyl (C=O) groups is 2. The zero-order valence-corrected chi connectivity index (χ0v) is 16.7. The van der Waals surface area contributed by atoms with Crippen LogP contribution in [-0.4, -0.2) is 37.7 Å². The van der Waals surface area contributed by atoms with E-state index in [0.29, 0.717) is 19.8 Å². The maximum Gasteiger partial charge on any atom is 0.317 e. The lowest BCUT2D eigenvalue weighted by atomic mass is 9.99. The minimum atomic E-state index is -0.883. The number of unbranched alkanes of at least 4 members (excludes halogenated alkanes) is 6. The first-order chi connectivity index (χ1) is 12.6. The second-order valence-corrected chi connectivity index (χ2v) is 6.69. The van der Waals surface area contributed by atoms with Crippen molar-refractivity contribution in [3.63, 3.8) is 0 Å². The topological polar surface area (TPSA) is 71.1 Å². The number of carbonyl (C=O) groups excluding carboxylic acids is 2. The second-order valence-electron chi connectivity index (χ2n) is 6.69. The van der Waals surface area contributed by atoms with E-state index in [1.165, 1.54) is 12.8 Å². The molecule has 0 amide bonds. The summed E-state index contributed by atoms with van der Waals surface area (Å²) < 4.78 is 21.8. The minimum absolute atomic E-state index is 0.202. The molecule has 0 aromatic heterocycles. The largest absolute Gasteiger partial charge is 0.393 e. The summed E-state index contributed by atoms with van der Waals surface area (Å²) in [5, 5.41) is 0. The molecule has 1 fully saturated rings. The molecule has 0 aromatic rings. The number of esters is 2. The van der Waals surface area contributed by atoms with Crippen LogP contribution in [-0.2, 0) is 28.5 Å². The molecule has 0 spiro atoms. The van der Waals surface area contributed by atoms with Gasteiger partial charge in [0.05, 0.1) is 12.3 Å². The molecule has 1 atom stereocenters. The van der Waals surface area contributed by atoms with E-state index in [4.69, 9.17) is 14.2 Å². The third-order valence-corrected chi connectivity index (χ3v) is 4.59. The molecule has 1 aliphatic heterocycles. The average molecular weight is 373 g/mol. The second kappa shape index (κ2) is 13.2. The van der Waals surface area contributed by atoms with E-state index in [1.807, 2.05) is 20.8 Å². The van der Waals surface area contributed by atoms with Crippen LogP contribution in [0.2, 0.25) is 0 Å². The summed E-state index contributed by atoms with van der Waals surface area (Å²) in [5.74, 6) is -1.80. The fourth-order valence-corrected chi connectivity index (χ4v) is 3.36. The van der Waals surface area contributed by atoms with E-state index in [0.717, 1.165) is 44.9 Å². The summed E-state index contributed by atoms with van der Waals surface area (Å²) in [6, 6.07) is 0. The van der Waals surface area contributed by atoms with Crippen LogP contribution in [0.4, 0.5) is 0 Å². The van der Waals surface area contributed by atoms with Gasteiger partial charge in [0.2, 0.25) is 0 Å². The Balaban J connectivity index is 2.06. The molecule has 0 saturated carbocycles. The van der Waals surface area contributed by atoms with E-state index in [-0.39, 0.29) is 24.3 Å². The summed E-state index contributed by atoms with van der Waals surface area (Å²) >= 11 is 0. The lowest BCUT2D eigenvalue weighted by molar-refractivity contribution is -0.380. The summed E-state index contributed by atoms with van der Waals surface area (Å²) in [5.41, 5.74) is 0. The highest BCUT2D eigenvalue weighted by molar-refractivity contribution is 5.94.